The molecular weight excluding hydrogens is 164 g/mol. The Morgan fingerprint density at radius 1 is 1.42 bits per heavy atom. The summed E-state index contributed by atoms with van der Waals surface area (Å²) >= 11 is 1.93. The van der Waals surface area contributed by atoms with Gasteiger partial charge in [-0.2, -0.15) is 0 Å². The summed E-state index contributed by atoms with van der Waals surface area (Å²) in [6.45, 7) is 2.39. The fourth-order valence-electron chi connectivity index (χ4n) is 2.22. The highest BCUT2D eigenvalue weighted by atomic mass is 32.1. The molecular formula is C11H16S. The number of hydrogen-bond donors (Lipinski definition) is 0. The van der Waals surface area contributed by atoms with E-state index in [1.165, 1.54) is 25.7 Å². The zero-order chi connectivity index (χ0) is 8.39. The van der Waals surface area contributed by atoms with Gasteiger partial charge in [0.05, 0.1) is 0 Å². The van der Waals surface area contributed by atoms with Gasteiger partial charge < -0.3 is 0 Å². The summed E-state index contributed by atoms with van der Waals surface area (Å²) in [5.74, 6) is 1.83. The van der Waals surface area contributed by atoms with E-state index < -0.39 is 0 Å². The van der Waals surface area contributed by atoms with Crippen molar-refractivity contribution < 1.29 is 0 Å². The molecule has 0 bridgehead atoms. The van der Waals surface area contributed by atoms with Crippen molar-refractivity contribution in [2.24, 2.45) is 5.92 Å². The first-order valence-corrected chi connectivity index (χ1v) is 5.77. The maximum absolute atomic E-state index is 2.39. The average Bonchev–Trinajstić information content (AvgIpc) is 2.56. The Labute approximate surface area is 78.6 Å². The van der Waals surface area contributed by atoms with Gasteiger partial charge in [-0.15, -0.1) is 11.3 Å². The van der Waals surface area contributed by atoms with Crippen LogP contribution in [0.5, 0.6) is 0 Å². The minimum atomic E-state index is 0.883. The zero-order valence-electron chi connectivity index (χ0n) is 7.62. The van der Waals surface area contributed by atoms with Crippen LogP contribution in [0.15, 0.2) is 17.5 Å². The summed E-state index contributed by atoms with van der Waals surface area (Å²) < 4.78 is 0. The van der Waals surface area contributed by atoms with Crippen molar-refractivity contribution >= 4 is 11.3 Å². The van der Waals surface area contributed by atoms with Crippen LogP contribution in [0.2, 0.25) is 0 Å². The smallest absolute Gasteiger partial charge is 0.00762 e. The van der Waals surface area contributed by atoms with Crippen molar-refractivity contribution in [2.75, 3.05) is 0 Å². The molecule has 1 fully saturated rings. The van der Waals surface area contributed by atoms with Crippen molar-refractivity contribution in [1.29, 1.82) is 0 Å². The number of rotatable bonds is 1. The van der Waals surface area contributed by atoms with Gasteiger partial charge in [-0.3, -0.25) is 0 Å². The van der Waals surface area contributed by atoms with Crippen LogP contribution < -0.4 is 0 Å². The lowest BCUT2D eigenvalue weighted by atomic mass is 9.82. The second-order valence-corrected chi connectivity index (χ2v) is 4.96. The van der Waals surface area contributed by atoms with E-state index in [0.29, 0.717) is 0 Å². The first-order chi connectivity index (χ1) is 5.86. The molecule has 1 aliphatic carbocycles. The van der Waals surface area contributed by atoms with Gasteiger partial charge in [0.1, 0.15) is 0 Å². The van der Waals surface area contributed by atoms with E-state index in [9.17, 15) is 0 Å². The predicted octanol–water partition coefficient (Wildman–Crippen LogP) is 4.04. The van der Waals surface area contributed by atoms with Gasteiger partial charge in [0, 0.05) is 4.88 Å². The monoisotopic (exact) mass is 180 g/mol. The maximum Gasteiger partial charge on any atom is 0.00762 e. The molecule has 1 heteroatoms. The minimum Gasteiger partial charge on any atom is -0.149 e. The van der Waals surface area contributed by atoms with Gasteiger partial charge in [0.25, 0.3) is 0 Å². The third-order valence-electron chi connectivity index (χ3n) is 2.88. The van der Waals surface area contributed by atoms with Crippen LogP contribution in [-0.4, -0.2) is 0 Å². The van der Waals surface area contributed by atoms with Gasteiger partial charge in [-0.1, -0.05) is 25.8 Å². The van der Waals surface area contributed by atoms with Crippen LogP contribution in [-0.2, 0) is 0 Å². The van der Waals surface area contributed by atoms with Crippen LogP contribution in [0.3, 0.4) is 0 Å². The van der Waals surface area contributed by atoms with Crippen molar-refractivity contribution in [2.45, 2.75) is 38.5 Å². The maximum atomic E-state index is 2.39. The van der Waals surface area contributed by atoms with Gasteiger partial charge in [0.2, 0.25) is 0 Å². The molecule has 0 aromatic carbocycles. The SMILES string of the molecule is CC1CCCC(c2cccs2)C1. The Hall–Kier alpha value is -0.300. The predicted molar refractivity (Wildman–Crippen MR) is 54.7 cm³/mol. The van der Waals surface area contributed by atoms with E-state index in [0.717, 1.165) is 11.8 Å². The van der Waals surface area contributed by atoms with Crippen molar-refractivity contribution in [1.82, 2.24) is 0 Å². The molecule has 1 aromatic rings. The lowest BCUT2D eigenvalue weighted by Crippen LogP contribution is -2.10. The van der Waals surface area contributed by atoms with Crippen LogP contribution in [0.4, 0.5) is 0 Å². The van der Waals surface area contributed by atoms with Crippen LogP contribution in [0.25, 0.3) is 0 Å². The summed E-state index contributed by atoms with van der Waals surface area (Å²) in [5, 5.41) is 2.20. The second kappa shape index (κ2) is 3.61. The summed E-state index contributed by atoms with van der Waals surface area (Å²) in [6, 6.07) is 4.48. The highest BCUT2D eigenvalue weighted by Crippen LogP contribution is 2.37. The third-order valence-corrected chi connectivity index (χ3v) is 3.92. The molecule has 0 saturated heterocycles. The molecule has 1 aliphatic rings. The molecule has 0 aliphatic heterocycles. The van der Waals surface area contributed by atoms with Gasteiger partial charge in [-0.05, 0) is 36.1 Å². The summed E-state index contributed by atoms with van der Waals surface area (Å²) in [4.78, 5) is 1.61. The molecule has 12 heavy (non-hydrogen) atoms. The average molecular weight is 180 g/mol. The summed E-state index contributed by atoms with van der Waals surface area (Å²) in [7, 11) is 0. The third kappa shape index (κ3) is 1.71. The topological polar surface area (TPSA) is 0 Å². The zero-order valence-corrected chi connectivity index (χ0v) is 8.44. The lowest BCUT2D eigenvalue weighted by Gasteiger charge is -2.25. The quantitative estimate of drug-likeness (QED) is 0.612. The first kappa shape index (κ1) is 8.31. The van der Waals surface area contributed by atoms with Crippen molar-refractivity contribution in [3.8, 4) is 0 Å². The van der Waals surface area contributed by atoms with E-state index in [4.69, 9.17) is 0 Å². The van der Waals surface area contributed by atoms with E-state index in [1.54, 1.807) is 4.88 Å². The largest absolute Gasteiger partial charge is 0.149 e. The van der Waals surface area contributed by atoms with Gasteiger partial charge in [0.15, 0.2) is 0 Å². The van der Waals surface area contributed by atoms with E-state index in [1.807, 2.05) is 11.3 Å². The number of thiophene rings is 1. The van der Waals surface area contributed by atoms with Crippen molar-refractivity contribution in [3.05, 3.63) is 22.4 Å². The lowest BCUT2D eigenvalue weighted by molar-refractivity contribution is 0.347. The Bertz CT molecular complexity index is 225. The van der Waals surface area contributed by atoms with E-state index in [2.05, 4.69) is 24.4 Å². The standard InChI is InChI=1S/C11H16S/c1-9-4-2-5-10(8-9)11-6-3-7-12-11/h3,6-7,9-10H,2,4-5,8H2,1H3. The molecule has 1 aromatic heterocycles. The second-order valence-electron chi connectivity index (χ2n) is 3.98. The Balaban J connectivity index is 2.04. The first-order valence-electron chi connectivity index (χ1n) is 4.89. The van der Waals surface area contributed by atoms with Gasteiger partial charge in [-0.25, -0.2) is 0 Å². The van der Waals surface area contributed by atoms with E-state index >= 15 is 0 Å². The molecule has 0 N–H and O–H groups in total. The fraction of sp³-hybridized carbons (Fsp3) is 0.636. The molecule has 0 spiro atoms. The molecule has 2 rings (SSSR count). The van der Waals surface area contributed by atoms with Crippen LogP contribution in [0.1, 0.15) is 43.4 Å². The summed E-state index contributed by atoms with van der Waals surface area (Å²) in [5.41, 5.74) is 0. The van der Waals surface area contributed by atoms with Gasteiger partial charge >= 0.3 is 0 Å². The van der Waals surface area contributed by atoms with Crippen molar-refractivity contribution in [3.63, 3.8) is 0 Å². The van der Waals surface area contributed by atoms with Crippen LogP contribution >= 0.6 is 11.3 Å². The Kier molecular flexibility index (Phi) is 2.50. The molecule has 2 unspecified atom stereocenters. The molecule has 0 amide bonds. The molecule has 66 valence electrons. The Morgan fingerprint density at radius 2 is 2.33 bits per heavy atom. The highest BCUT2D eigenvalue weighted by Gasteiger charge is 2.20. The fourth-order valence-corrected chi connectivity index (χ4v) is 3.09. The molecule has 0 nitrogen and oxygen atoms in total. The Morgan fingerprint density at radius 3 is 3.00 bits per heavy atom. The number of hydrogen-bond acceptors (Lipinski definition) is 1. The molecule has 2 atom stereocenters. The molecule has 1 saturated carbocycles. The molecule has 1 heterocycles. The van der Waals surface area contributed by atoms with E-state index in [-0.39, 0.29) is 0 Å². The normalized spacial score (nSPS) is 30.4. The summed E-state index contributed by atoms with van der Waals surface area (Å²) in [6.07, 6.45) is 5.72. The highest BCUT2D eigenvalue weighted by molar-refractivity contribution is 7.10. The van der Waals surface area contributed by atoms with Crippen LogP contribution in [0, 0.1) is 5.92 Å². The minimum absolute atomic E-state index is 0.883. The molecule has 0 radical (unpaired) electrons.